The maximum atomic E-state index is 12.2. The summed E-state index contributed by atoms with van der Waals surface area (Å²) in [5, 5.41) is 78.4. The van der Waals surface area contributed by atoms with Gasteiger partial charge in [-0.15, -0.1) is 0 Å². The van der Waals surface area contributed by atoms with Crippen molar-refractivity contribution in [2.75, 3.05) is 39.5 Å². The summed E-state index contributed by atoms with van der Waals surface area (Å²) in [6.45, 7) is 5.23. The average molecular weight is 638 g/mol. The minimum atomic E-state index is -1.69. The zero-order chi connectivity index (χ0) is 32.0. The van der Waals surface area contributed by atoms with Crippen LogP contribution in [0, 0.1) is 11.8 Å². The molecule has 0 aliphatic rings. The van der Waals surface area contributed by atoms with Crippen LogP contribution in [0.1, 0.15) is 38.8 Å². The maximum absolute atomic E-state index is 12.2. The van der Waals surface area contributed by atoms with Crippen molar-refractivity contribution in [3.8, 4) is 5.75 Å². The number of carbonyl (C=O) groups is 2. The molecule has 8 N–H and O–H groups in total. The number of hydrogen-bond acceptors (Lipinski definition) is 14. The molecular formula is C28H47NO11S2. The van der Waals surface area contributed by atoms with Crippen LogP contribution in [0.4, 0.5) is 0 Å². The van der Waals surface area contributed by atoms with E-state index >= 15 is 0 Å². The lowest BCUT2D eigenvalue weighted by Crippen LogP contribution is -2.51. The molecule has 6 atom stereocenters. The van der Waals surface area contributed by atoms with Gasteiger partial charge in [0.2, 0.25) is 0 Å². The van der Waals surface area contributed by atoms with E-state index in [1.165, 1.54) is 28.4 Å². The fraction of sp³-hybridized carbons (Fsp3) is 0.714. The van der Waals surface area contributed by atoms with E-state index in [1.807, 2.05) is 33.8 Å². The van der Waals surface area contributed by atoms with Gasteiger partial charge in [0.1, 0.15) is 36.8 Å². The van der Waals surface area contributed by atoms with Crippen molar-refractivity contribution < 1.29 is 55.2 Å². The summed E-state index contributed by atoms with van der Waals surface area (Å²) in [4.78, 5) is 25.8. The van der Waals surface area contributed by atoms with E-state index in [9.17, 15) is 40.2 Å². The van der Waals surface area contributed by atoms with E-state index in [1.54, 1.807) is 12.1 Å². The smallest absolute Gasteiger partial charge is 0.191 e. The predicted octanol–water partition coefficient (Wildman–Crippen LogP) is -0.651. The third kappa shape index (κ3) is 13.6. The highest BCUT2D eigenvalue weighted by Gasteiger charge is 2.30. The van der Waals surface area contributed by atoms with Crippen molar-refractivity contribution in [1.82, 2.24) is 4.90 Å². The molecule has 0 unspecified atom stereocenters. The Morgan fingerprint density at radius 3 is 1.62 bits per heavy atom. The summed E-state index contributed by atoms with van der Waals surface area (Å²) >= 11 is 2.39. The number of carbonyl (C=O) groups excluding carboxylic acids is 2. The van der Waals surface area contributed by atoms with Crippen LogP contribution in [0.3, 0.4) is 0 Å². The normalized spacial score (nSPS) is 16.4. The number of hydrogen-bond donors (Lipinski definition) is 8. The molecule has 1 rings (SSSR count). The second-order valence-electron chi connectivity index (χ2n) is 10.7. The van der Waals surface area contributed by atoms with Crippen LogP contribution in [0.2, 0.25) is 0 Å². The molecule has 12 nitrogen and oxygen atoms in total. The zero-order valence-electron chi connectivity index (χ0n) is 24.6. The third-order valence-electron chi connectivity index (χ3n) is 6.38. The Hall–Kier alpha value is -1.30. The topological polar surface area (TPSA) is 208 Å². The Morgan fingerprint density at radius 1 is 0.738 bits per heavy atom. The first-order valence-electron chi connectivity index (χ1n) is 13.8. The van der Waals surface area contributed by atoms with Gasteiger partial charge in [-0.2, -0.15) is 0 Å². The average Bonchev–Trinajstić information content (AvgIpc) is 2.96. The molecule has 0 radical (unpaired) electrons. The van der Waals surface area contributed by atoms with Crippen LogP contribution < -0.4 is 4.74 Å². The Kier molecular flexibility index (Phi) is 18.3. The maximum Gasteiger partial charge on any atom is 0.191 e. The monoisotopic (exact) mass is 637 g/mol. The Morgan fingerprint density at radius 2 is 1.19 bits per heavy atom. The molecule has 0 heterocycles. The zero-order valence-corrected chi connectivity index (χ0v) is 26.2. The molecule has 14 heteroatoms. The molecule has 0 aliphatic heterocycles. The van der Waals surface area contributed by atoms with Gasteiger partial charge in [0.25, 0.3) is 0 Å². The SMILES string of the molecule is CC(C)C(=O)SCc1ccc(OCCN(C[C@H](O)[C@H](O)[C@H](O)CO)C[C@H](O)[C@H](O)[C@H](O)CO)cc1CSC(=O)C(C)C. The number of ether oxygens (including phenoxy) is 1. The fourth-order valence-electron chi connectivity index (χ4n) is 3.62. The van der Waals surface area contributed by atoms with Crippen molar-refractivity contribution in [3.05, 3.63) is 29.3 Å². The lowest BCUT2D eigenvalue weighted by molar-refractivity contribution is -0.114. The molecule has 0 bridgehead atoms. The highest BCUT2D eigenvalue weighted by Crippen LogP contribution is 2.28. The first-order valence-corrected chi connectivity index (χ1v) is 15.8. The van der Waals surface area contributed by atoms with Crippen LogP contribution in [-0.4, -0.2) is 132 Å². The van der Waals surface area contributed by atoms with Crippen LogP contribution in [0.5, 0.6) is 5.75 Å². The molecular weight excluding hydrogens is 590 g/mol. The minimum absolute atomic E-state index is 0.0220. The molecule has 42 heavy (non-hydrogen) atoms. The summed E-state index contributed by atoms with van der Waals surface area (Å²) in [5.74, 6) is 1.05. The molecule has 0 saturated carbocycles. The van der Waals surface area contributed by atoms with E-state index < -0.39 is 49.8 Å². The van der Waals surface area contributed by atoms with Gasteiger partial charge in [-0.05, 0) is 23.3 Å². The largest absolute Gasteiger partial charge is 0.492 e. The highest BCUT2D eigenvalue weighted by atomic mass is 32.2. The Bertz CT molecular complexity index is 928. The minimum Gasteiger partial charge on any atom is -0.492 e. The Balaban J connectivity index is 3.02. The summed E-state index contributed by atoms with van der Waals surface area (Å²) in [5.41, 5.74) is 1.73. The summed E-state index contributed by atoms with van der Waals surface area (Å²) in [6.07, 6.45) is -9.65. The lowest BCUT2D eigenvalue weighted by atomic mass is 10.1. The summed E-state index contributed by atoms with van der Waals surface area (Å²) < 4.78 is 5.89. The van der Waals surface area contributed by atoms with Crippen molar-refractivity contribution in [1.29, 1.82) is 0 Å². The molecule has 0 aromatic heterocycles. The number of aliphatic hydroxyl groups is 8. The van der Waals surface area contributed by atoms with Gasteiger partial charge in [0.05, 0.1) is 25.4 Å². The van der Waals surface area contributed by atoms with Gasteiger partial charge in [-0.25, -0.2) is 0 Å². The molecule has 0 fully saturated rings. The summed E-state index contributed by atoms with van der Waals surface area (Å²) in [6, 6.07) is 5.34. The fourth-order valence-corrected chi connectivity index (χ4v) is 5.43. The van der Waals surface area contributed by atoms with Gasteiger partial charge in [-0.1, -0.05) is 57.3 Å². The van der Waals surface area contributed by atoms with Crippen LogP contribution in [-0.2, 0) is 21.1 Å². The second-order valence-corrected chi connectivity index (χ2v) is 12.6. The van der Waals surface area contributed by atoms with Gasteiger partial charge < -0.3 is 45.6 Å². The number of nitrogens with zero attached hydrogens (tertiary/aromatic N) is 1. The predicted molar refractivity (Wildman–Crippen MR) is 161 cm³/mol. The van der Waals surface area contributed by atoms with Crippen molar-refractivity contribution in [2.45, 2.75) is 75.8 Å². The van der Waals surface area contributed by atoms with Crippen molar-refractivity contribution in [2.24, 2.45) is 11.8 Å². The van der Waals surface area contributed by atoms with E-state index in [0.717, 1.165) is 11.1 Å². The molecule has 0 saturated heterocycles. The van der Waals surface area contributed by atoms with Gasteiger partial charge >= 0.3 is 0 Å². The van der Waals surface area contributed by atoms with Gasteiger partial charge in [0, 0.05) is 43.0 Å². The molecule has 0 aliphatic carbocycles. The first-order chi connectivity index (χ1) is 19.7. The number of thioether (sulfide) groups is 2. The highest BCUT2D eigenvalue weighted by molar-refractivity contribution is 8.13. The van der Waals surface area contributed by atoms with E-state index in [-0.39, 0.29) is 48.3 Å². The van der Waals surface area contributed by atoms with Crippen molar-refractivity contribution >= 4 is 33.8 Å². The van der Waals surface area contributed by atoms with Crippen molar-refractivity contribution in [3.63, 3.8) is 0 Å². The molecule has 242 valence electrons. The van der Waals surface area contributed by atoms with Crippen LogP contribution in [0.15, 0.2) is 18.2 Å². The number of benzene rings is 1. The van der Waals surface area contributed by atoms with E-state index in [0.29, 0.717) is 17.3 Å². The summed E-state index contributed by atoms with van der Waals surface area (Å²) in [7, 11) is 0. The van der Waals surface area contributed by atoms with Gasteiger partial charge in [-0.3, -0.25) is 14.5 Å². The first kappa shape index (κ1) is 38.7. The Labute approximate surface area is 255 Å². The molecule has 1 aromatic carbocycles. The lowest BCUT2D eigenvalue weighted by Gasteiger charge is -2.32. The van der Waals surface area contributed by atoms with Gasteiger partial charge in [0.15, 0.2) is 10.2 Å². The molecule has 0 spiro atoms. The van der Waals surface area contributed by atoms with E-state index in [4.69, 9.17) is 14.9 Å². The third-order valence-corrected chi connectivity index (χ3v) is 8.80. The van der Waals surface area contributed by atoms with Crippen LogP contribution in [0.25, 0.3) is 0 Å². The van der Waals surface area contributed by atoms with E-state index in [2.05, 4.69) is 0 Å². The number of aliphatic hydroxyl groups excluding tert-OH is 8. The standard InChI is InChI=1S/C28H47NO11S2/c1-16(2)27(38)41-14-18-5-6-20(9-19(18)15-42-28(39)17(3)4)40-8-7-29(10-21(32)25(36)23(34)12-30)11-22(33)26(37)24(35)13-31/h5-6,9,16-17,21-26,30-37H,7-8,10-15H2,1-4H3/t21-,22-,23+,24+,25-,26-/m0/s1. The van der Waals surface area contributed by atoms with Crippen LogP contribution >= 0.6 is 23.5 Å². The quantitative estimate of drug-likeness (QED) is 0.0894. The number of rotatable bonds is 20. The molecule has 0 amide bonds. The second kappa shape index (κ2) is 19.9. The molecule has 1 aromatic rings.